The van der Waals surface area contributed by atoms with Crippen LogP contribution in [0.4, 0.5) is 0 Å². The molecule has 0 rings (SSSR count). The molecule has 0 amide bonds. The fourth-order valence-electron chi connectivity index (χ4n) is 7.62. The maximum atomic E-state index is 7.65. The normalized spacial score (nSPS) is 16.0. The van der Waals surface area contributed by atoms with Gasteiger partial charge in [-0.2, -0.15) is 0 Å². The van der Waals surface area contributed by atoms with Crippen molar-refractivity contribution in [2.75, 3.05) is 0 Å². The first kappa shape index (κ1) is 45.0. The number of rotatable bonds is 36. The van der Waals surface area contributed by atoms with Crippen LogP contribution in [0.3, 0.4) is 0 Å². The van der Waals surface area contributed by atoms with E-state index < -0.39 is 0 Å². The van der Waals surface area contributed by atoms with Gasteiger partial charge in [-0.05, 0) is 51.4 Å². The Labute approximate surface area is 288 Å². The lowest BCUT2D eigenvalue weighted by molar-refractivity contribution is -0.194. The van der Waals surface area contributed by atoms with E-state index in [0.717, 1.165) is 0 Å². The van der Waals surface area contributed by atoms with E-state index in [1.807, 2.05) is 0 Å². The van der Waals surface area contributed by atoms with Gasteiger partial charge in [-0.3, -0.25) is 0 Å². The van der Waals surface area contributed by atoms with E-state index in [2.05, 4.69) is 55.4 Å². The summed E-state index contributed by atoms with van der Waals surface area (Å²) in [6.07, 6.45) is 44.3. The number of unbranched alkanes of at least 4 members (excludes halogenated alkanes) is 24. The van der Waals surface area contributed by atoms with Gasteiger partial charge in [0.15, 0.2) is 0 Å². The first-order valence-electron chi connectivity index (χ1n) is 21.5. The minimum Gasteiger partial charge on any atom is -0.369 e. The van der Waals surface area contributed by atoms with E-state index in [4.69, 9.17) is 4.74 Å². The van der Waals surface area contributed by atoms with Gasteiger partial charge in [0.05, 0.1) is 11.2 Å². The second-order valence-corrected chi connectivity index (χ2v) is 16.1. The van der Waals surface area contributed by atoms with Crippen LogP contribution < -0.4 is 0 Å². The Morgan fingerprint density at radius 3 is 0.822 bits per heavy atom. The average molecular weight is 635 g/mol. The highest BCUT2D eigenvalue weighted by molar-refractivity contribution is 4.90. The molecule has 272 valence electrons. The molecule has 0 aliphatic rings. The van der Waals surface area contributed by atoms with E-state index in [-0.39, 0.29) is 11.2 Å². The minimum atomic E-state index is -0.00359. The highest BCUT2D eigenvalue weighted by atomic mass is 16.5. The standard InChI is InChI=1S/C44H90O/c1-9-13-17-21-25-27-29-33-37-41(5)43(7,39-35-31-23-19-15-11-3)45-44(8,40-36-32-24-20-16-12-4)42(6)38-34-30-28-26-22-18-14-10-2/h41-42H,9-40H2,1-8H3. The van der Waals surface area contributed by atoms with Crippen LogP contribution in [-0.2, 0) is 4.74 Å². The van der Waals surface area contributed by atoms with Crippen LogP contribution in [-0.4, -0.2) is 11.2 Å². The second kappa shape index (κ2) is 31.2. The monoisotopic (exact) mass is 635 g/mol. The van der Waals surface area contributed by atoms with Crippen molar-refractivity contribution in [3.05, 3.63) is 0 Å². The summed E-state index contributed by atoms with van der Waals surface area (Å²) in [5, 5.41) is 0. The molecule has 0 bridgehead atoms. The molecule has 0 saturated carbocycles. The van der Waals surface area contributed by atoms with Gasteiger partial charge in [0.1, 0.15) is 0 Å². The van der Waals surface area contributed by atoms with Crippen molar-refractivity contribution >= 4 is 0 Å². The lowest BCUT2D eigenvalue weighted by Gasteiger charge is -2.47. The van der Waals surface area contributed by atoms with Crippen molar-refractivity contribution in [1.29, 1.82) is 0 Å². The lowest BCUT2D eigenvalue weighted by atomic mass is 9.77. The molecule has 0 spiro atoms. The zero-order valence-corrected chi connectivity index (χ0v) is 33.2. The molecule has 0 aliphatic carbocycles. The van der Waals surface area contributed by atoms with Crippen molar-refractivity contribution in [1.82, 2.24) is 0 Å². The molecule has 1 heteroatoms. The molecule has 0 saturated heterocycles. The van der Waals surface area contributed by atoms with Gasteiger partial charge >= 0.3 is 0 Å². The summed E-state index contributed by atoms with van der Waals surface area (Å²) in [6.45, 7) is 19.5. The third-order valence-electron chi connectivity index (χ3n) is 11.6. The molecule has 0 radical (unpaired) electrons. The smallest absolute Gasteiger partial charge is 0.0687 e. The third kappa shape index (κ3) is 24.7. The summed E-state index contributed by atoms with van der Waals surface area (Å²) >= 11 is 0. The van der Waals surface area contributed by atoms with Crippen molar-refractivity contribution < 1.29 is 4.74 Å². The zero-order valence-electron chi connectivity index (χ0n) is 33.2. The van der Waals surface area contributed by atoms with Gasteiger partial charge in [-0.1, -0.05) is 221 Å². The van der Waals surface area contributed by atoms with Crippen molar-refractivity contribution in [3.63, 3.8) is 0 Å². The molecule has 0 N–H and O–H groups in total. The van der Waals surface area contributed by atoms with Gasteiger partial charge in [-0.25, -0.2) is 0 Å². The van der Waals surface area contributed by atoms with Gasteiger partial charge in [-0.15, -0.1) is 0 Å². The van der Waals surface area contributed by atoms with Gasteiger partial charge in [0.2, 0.25) is 0 Å². The Morgan fingerprint density at radius 1 is 0.333 bits per heavy atom. The quantitative estimate of drug-likeness (QED) is 0.0623. The summed E-state index contributed by atoms with van der Waals surface area (Å²) in [7, 11) is 0. The molecule has 0 aromatic carbocycles. The molecular formula is C44H90O. The molecule has 1 nitrogen and oxygen atoms in total. The van der Waals surface area contributed by atoms with E-state index in [0.29, 0.717) is 11.8 Å². The van der Waals surface area contributed by atoms with E-state index in [9.17, 15) is 0 Å². The Morgan fingerprint density at radius 2 is 0.556 bits per heavy atom. The van der Waals surface area contributed by atoms with Crippen molar-refractivity contribution in [2.24, 2.45) is 11.8 Å². The van der Waals surface area contributed by atoms with Crippen LogP contribution in [0, 0.1) is 11.8 Å². The van der Waals surface area contributed by atoms with E-state index >= 15 is 0 Å². The van der Waals surface area contributed by atoms with Crippen LogP contribution in [0.5, 0.6) is 0 Å². The largest absolute Gasteiger partial charge is 0.369 e. The first-order valence-corrected chi connectivity index (χ1v) is 21.5. The molecule has 0 aromatic heterocycles. The van der Waals surface area contributed by atoms with Gasteiger partial charge in [0, 0.05) is 0 Å². The predicted octanol–water partition coefficient (Wildman–Crippen LogP) is 16.4. The maximum Gasteiger partial charge on any atom is 0.0687 e. The molecule has 4 unspecified atom stereocenters. The van der Waals surface area contributed by atoms with Crippen LogP contribution in [0.2, 0.25) is 0 Å². The minimum absolute atomic E-state index is 0.00359. The summed E-state index contributed by atoms with van der Waals surface area (Å²) in [6, 6.07) is 0. The van der Waals surface area contributed by atoms with E-state index in [1.54, 1.807) is 0 Å². The Balaban J connectivity index is 5.36. The number of ether oxygens (including phenoxy) is 1. The summed E-state index contributed by atoms with van der Waals surface area (Å²) in [4.78, 5) is 0. The highest BCUT2D eigenvalue weighted by Crippen LogP contribution is 2.42. The SMILES string of the molecule is CCCCCCCCCCC(C)C(C)(CCCCCCCC)OC(C)(CCCCCCCC)C(C)CCCCCCCCCC. The molecule has 0 aliphatic heterocycles. The van der Waals surface area contributed by atoms with Gasteiger partial charge in [0.25, 0.3) is 0 Å². The topological polar surface area (TPSA) is 9.23 Å². The third-order valence-corrected chi connectivity index (χ3v) is 11.6. The Kier molecular flexibility index (Phi) is 31.2. The fourth-order valence-corrected chi connectivity index (χ4v) is 7.62. The highest BCUT2D eigenvalue weighted by Gasteiger charge is 2.41. The fraction of sp³-hybridized carbons (Fsp3) is 1.00. The molecule has 4 atom stereocenters. The predicted molar refractivity (Wildman–Crippen MR) is 207 cm³/mol. The van der Waals surface area contributed by atoms with Crippen LogP contribution in [0.1, 0.15) is 261 Å². The van der Waals surface area contributed by atoms with Gasteiger partial charge < -0.3 is 4.74 Å². The second-order valence-electron chi connectivity index (χ2n) is 16.1. The zero-order chi connectivity index (χ0) is 33.5. The summed E-state index contributed by atoms with van der Waals surface area (Å²) in [5.74, 6) is 1.26. The van der Waals surface area contributed by atoms with E-state index in [1.165, 1.54) is 205 Å². The maximum absolute atomic E-state index is 7.65. The average Bonchev–Trinajstić information content (AvgIpc) is 3.02. The molecule has 0 heterocycles. The van der Waals surface area contributed by atoms with Crippen molar-refractivity contribution in [2.45, 2.75) is 272 Å². The molecule has 45 heavy (non-hydrogen) atoms. The first-order chi connectivity index (χ1) is 21.8. The number of hydrogen-bond donors (Lipinski definition) is 0. The Bertz CT molecular complexity index is 536. The Hall–Kier alpha value is -0.0400. The van der Waals surface area contributed by atoms with Crippen LogP contribution >= 0.6 is 0 Å². The lowest BCUT2D eigenvalue weighted by Crippen LogP contribution is -2.48. The summed E-state index contributed by atoms with van der Waals surface area (Å²) < 4.78 is 7.65. The van der Waals surface area contributed by atoms with Crippen molar-refractivity contribution in [3.8, 4) is 0 Å². The summed E-state index contributed by atoms with van der Waals surface area (Å²) in [5.41, 5.74) is -0.00718. The number of hydrogen-bond acceptors (Lipinski definition) is 1. The van der Waals surface area contributed by atoms with Crippen LogP contribution in [0.15, 0.2) is 0 Å². The molecule has 0 aromatic rings. The molecule has 0 fully saturated rings. The van der Waals surface area contributed by atoms with Crippen LogP contribution in [0.25, 0.3) is 0 Å². The molecular weight excluding hydrogens is 544 g/mol.